The van der Waals surface area contributed by atoms with E-state index >= 15 is 0 Å². The molecule has 1 aromatic rings. The van der Waals surface area contributed by atoms with E-state index in [9.17, 15) is 8.42 Å². The summed E-state index contributed by atoms with van der Waals surface area (Å²) in [5.74, 6) is 1.19. The van der Waals surface area contributed by atoms with Crippen LogP contribution < -0.4 is 5.32 Å². The zero-order chi connectivity index (χ0) is 16.0. The molecule has 5 nitrogen and oxygen atoms in total. The Labute approximate surface area is 128 Å². The Morgan fingerprint density at radius 2 is 1.90 bits per heavy atom. The largest absolute Gasteiger partial charge is 0.447 e. The molecule has 6 heteroatoms. The number of hydrogen-bond donors (Lipinski definition) is 1. The summed E-state index contributed by atoms with van der Waals surface area (Å²) in [6, 6.07) is 3.24. The molecule has 1 N–H and O–H groups in total. The fourth-order valence-corrected chi connectivity index (χ4v) is 3.76. The fraction of sp³-hybridized carbons (Fsp3) is 0.733. The molecule has 122 valence electrons. The molecular formula is C15H28N2O3S. The van der Waals surface area contributed by atoms with E-state index in [1.807, 2.05) is 20.8 Å². The van der Waals surface area contributed by atoms with Gasteiger partial charge in [0.1, 0.15) is 5.76 Å². The zero-order valence-corrected chi connectivity index (χ0v) is 14.5. The summed E-state index contributed by atoms with van der Waals surface area (Å²) in [6.07, 6.45) is 0.774. The van der Waals surface area contributed by atoms with Gasteiger partial charge in [0.05, 0.1) is 6.54 Å². The molecule has 21 heavy (non-hydrogen) atoms. The zero-order valence-electron chi connectivity index (χ0n) is 13.7. The van der Waals surface area contributed by atoms with E-state index in [4.69, 9.17) is 4.42 Å². The molecule has 0 radical (unpaired) electrons. The first-order chi connectivity index (χ1) is 9.82. The molecule has 0 spiro atoms. The summed E-state index contributed by atoms with van der Waals surface area (Å²) in [5, 5.41) is 3.27. The van der Waals surface area contributed by atoms with Crippen molar-refractivity contribution in [1.29, 1.82) is 0 Å². The second kappa shape index (κ2) is 7.96. The molecule has 0 aliphatic rings. The second-order valence-electron chi connectivity index (χ2n) is 5.71. The summed E-state index contributed by atoms with van der Waals surface area (Å²) in [4.78, 5) is 0. The van der Waals surface area contributed by atoms with Gasteiger partial charge in [0.2, 0.25) is 5.09 Å². The Morgan fingerprint density at radius 1 is 1.24 bits per heavy atom. The van der Waals surface area contributed by atoms with Gasteiger partial charge < -0.3 is 9.73 Å². The molecule has 0 amide bonds. The molecule has 1 aromatic heterocycles. The monoisotopic (exact) mass is 316 g/mol. The highest BCUT2D eigenvalue weighted by Gasteiger charge is 2.29. The van der Waals surface area contributed by atoms with Crippen LogP contribution in [0.4, 0.5) is 0 Å². The van der Waals surface area contributed by atoms with E-state index in [1.54, 1.807) is 12.1 Å². The third-order valence-electron chi connectivity index (χ3n) is 3.45. The Hall–Kier alpha value is -0.850. The minimum absolute atomic E-state index is 0.0333. The first-order valence-electron chi connectivity index (χ1n) is 7.64. The van der Waals surface area contributed by atoms with Gasteiger partial charge in [0.15, 0.2) is 0 Å². The lowest BCUT2D eigenvalue weighted by molar-refractivity contribution is 0.321. The predicted molar refractivity (Wildman–Crippen MR) is 84.6 cm³/mol. The highest BCUT2D eigenvalue weighted by molar-refractivity contribution is 7.89. The number of nitrogens with one attached hydrogen (secondary N) is 1. The van der Waals surface area contributed by atoms with Gasteiger partial charge in [-0.1, -0.05) is 27.7 Å². The van der Waals surface area contributed by atoms with Crippen molar-refractivity contribution in [3.05, 3.63) is 17.9 Å². The van der Waals surface area contributed by atoms with E-state index < -0.39 is 10.0 Å². The maximum absolute atomic E-state index is 12.6. The molecule has 0 aliphatic heterocycles. The Kier molecular flexibility index (Phi) is 6.90. The molecular weight excluding hydrogens is 288 g/mol. The van der Waals surface area contributed by atoms with Crippen LogP contribution in [0.1, 0.15) is 46.8 Å². The van der Waals surface area contributed by atoms with Gasteiger partial charge in [-0.3, -0.25) is 0 Å². The van der Waals surface area contributed by atoms with Crippen molar-refractivity contribution in [3.8, 4) is 0 Å². The Bertz CT molecular complexity index is 523. The van der Waals surface area contributed by atoms with Gasteiger partial charge in [0, 0.05) is 12.6 Å². The molecule has 0 saturated carbocycles. The van der Waals surface area contributed by atoms with Crippen LogP contribution in [0.3, 0.4) is 0 Å². The van der Waals surface area contributed by atoms with Crippen LogP contribution in [0.15, 0.2) is 21.6 Å². The van der Waals surface area contributed by atoms with E-state index in [0.29, 0.717) is 24.8 Å². The van der Waals surface area contributed by atoms with Crippen LogP contribution in [0.5, 0.6) is 0 Å². The van der Waals surface area contributed by atoms with E-state index in [0.717, 1.165) is 13.0 Å². The molecule has 0 saturated heterocycles. The molecule has 1 rings (SSSR count). The summed E-state index contributed by atoms with van der Waals surface area (Å²) in [5.41, 5.74) is 0. The normalized spacial score (nSPS) is 14.0. The topological polar surface area (TPSA) is 62.6 Å². The van der Waals surface area contributed by atoms with Gasteiger partial charge in [-0.15, -0.1) is 0 Å². The molecule has 0 fully saturated rings. The maximum atomic E-state index is 12.6. The summed E-state index contributed by atoms with van der Waals surface area (Å²) < 4.78 is 32.1. The fourth-order valence-electron chi connectivity index (χ4n) is 2.11. The molecule has 0 bridgehead atoms. The van der Waals surface area contributed by atoms with E-state index in [-0.39, 0.29) is 11.1 Å². The van der Waals surface area contributed by atoms with Crippen LogP contribution >= 0.6 is 0 Å². The first kappa shape index (κ1) is 18.2. The third-order valence-corrected chi connectivity index (χ3v) is 5.41. The second-order valence-corrected chi connectivity index (χ2v) is 7.53. The number of furan rings is 1. The van der Waals surface area contributed by atoms with Crippen molar-refractivity contribution in [2.24, 2.45) is 5.92 Å². The maximum Gasteiger partial charge on any atom is 0.276 e. The molecule has 1 unspecified atom stereocenters. The van der Waals surface area contributed by atoms with Crippen molar-refractivity contribution in [2.45, 2.75) is 58.7 Å². The Morgan fingerprint density at radius 3 is 2.43 bits per heavy atom. The lowest BCUT2D eigenvalue weighted by atomic mass is 10.2. The number of nitrogens with zero attached hydrogens (tertiary/aromatic N) is 1. The summed E-state index contributed by atoms with van der Waals surface area (Å²) >= 11 is 0. The SMILES string of the molecule is CCC(C)N(CC)S(=O)(=O)c1ccc(CNCC(C)C)o1. The van der Waals surface area contributed by atoms with Crippen molar-refractivity contribution in [3.63, 3.8) is 0 Å². The van der Waals surface area contributed by atoms with Crippen molar-refractivity contribution >= 4 is 10.0 Å². The van der Waals surface area contributed by atoms with Crippen LogP contribution in [-0.4, -0.2) is 31.9 Å². The quantitative estimate of drug-likeness (QED) is 0.761. The molecule has 1 heterocycles. The average molecular weight is 316 g/mol. The average Bonchev–Trinajstić information content (AvgIpc) is 2.88. The smallest absolute Gasteiger partial charge is 0.276 e. The van der Waals surface area contributed by atoms with E-state index in [2.05, 4.69) is 19.2 Å². The summed E-state index contributed by atoms with van der Waals surface area (Å²) in [7, 11) is -3.54. The van der Waals surface area contributed by atoms with Crippen molar-refractivity contribution in [1.82, 2.24) is 9.62 Å². The molecule has 0 aromatic carbocycles. The first-order valence-corrected chi connectivity index (χ1v) is 9.08. The Balaban J connectivity index is 2.82. The van der Waals surface area contributed by atoms with E-state index in [1.165, 1.54) is 4.31 Å². The van der Waals surface area contributed by atoms with Gasteiger partial charge in [-0.25, -0.2) is 8.42 Å². The lowest BCUT2D eigenvalue weighted by Gasteiger charge is -2.24. The van der Waals surface area contributed by atoms with Gasteiger partial charge in [-0.2, -0.15) is 4.31 Å². The number of rotatable bonds is 9. The standard InChI is InChI=1S/C15H28N2O3S/c1-6-13(5)17(7-2)21(18,19)15-9-8-14(20-15)11-16-10-12(3)4/h8-9,12-13,16H,6-7,10-11H2,1-5H3. The van der Waals surface area contributed by atoms with Crippen LogP contribution in [0.2, 0.25) is 0 Å². The van der Waals surface area contributed by atoms with Gasteiger partial charge in [-0.05, 0) is 37.9 Å². The van der Waals surface area contributed by atoms with Crippen LogP contribution in [-0.2, 0) is 16.6 Å². The van der Waals surface area contributed by atoms with Crippen molar-refractivity contribution in [2.75, 3.05) is 13.1 Å². The number of sulfonamides is 1. The molecule has 1 atom stereocenters. The predicted octanol–water partition coefficient (Wildman–Crippen LogP) is 2.83. The van der Waals surface area contributed by atoms with Gasteiger partial charge in [0.25, 0.3) is 10.0 Å². The minimum Gasteiger partial charge on any atom is -0.447 e. The highest BCUT2D eigenvalue weighted by Crippen LogP contribution is 2.21. The summed E-state index contributed by atoms with van der Waals surface area (Å²) in [6.45, 7) is 11.8. The molecule has 0 aliphatic carbocycles. The van der Waals surface area contributed by atoms with Crippen LogP contribution in [0.25, 0.3) is 0 Å². The third kappa shape index (κ3) is 4.83. The van der Waals surface area contributed by atoms with Crippen molar-refractivity contribution < 1.29 is 12.8 Å². The highest BCUT2D eigenvalue weighted by atomic mass is 32.2. The van der Waals surface area contributed by atoms with Crippen LogP contribution in [0, 0.1) is 5.92 Å². The minimum atomic E-state index is -3.54. The number of hydrogen-bond acceptors (Lipinski definition) is 4. The lowest BCUT2D eigenvalue weighted by Crippen LogP contribution is -2.37. The van der Waals surface area contributed by atoms with Gasteiger partial charge >= 0.3 is 0 Å².